The van der Waals surface area contributed by atoms with Gasteiger partial charge in [-0.25, -0.2) is 4.79 Å². The first-order valence-corrected chi connectivity index (χ1v) is 4.50. The van der Waals surface area contributed by atoms with Gasteiger partial charge in [0.05, 0.1) is 6.61 Å². The van der Waals surface area contributed by atoms with Crippen LogP contribution < -0.4 is 9.47 Å². The van der Waals surface area contributed by atoms with Crippen molar-refractivity contribution in [2.75, 3.05) is 6.61 Å². The number of fused-ring (bicyclic) bond motifs is 1. The quantitative estimate of drug-likeness (QED) is 0.702. The van der Waals surface area contributed by atoms with Crippen molar-refractivity contribution in [1.82, 2.24) is 0 Å². The van der Waals surface area contributed by atoms with Gasteiger partial charge in [0, 0.05) is 0 Å². The van der Waals surface area contributed by atoms with E-state index in [1.807, 2.05) is 0 Å². The molecule has 0 amide bonds. The summed E-state index contributed by atoms with van der Waals surface area (Å²) in [5.74, 6) is -0.233. The fraction of sp³-hybridized carbons (Fsp3) is 0.300. The number of ether oxygens (including phenoxy) is 3. The molecule has 0 aromatic heterocycles. The Morgan fingerprint density at radius 1 is 1.53 bits per heavy atom. The van der Waals surface area contributed by atoms with Gasteiger partial charge in [-0.1, -0.05) is 6.07 Å². The van der Waals surface area contributed by atoms with Crippen molar-refractivity contribution in [3.63, 3.8) is 0 Å². The summed E-state index contributed by atoms with van der Waals surface area (Å²) in [5, 5.41) is 0. The predicted molar refractivity (Wildman–Crippen MR) is 48.6 cm³/mol. The van der Waals surface area contributed by atoms with Crippen molar-refractivity contribution in [3.8, 4) is 11.5 Å². The molecule has 0 aliphatic carbocycles. The molecule has 15 heavy (non-hydrogen) atoms. The van der Waals surface area contributed by atoms with E-state index in [0.717, 1.165) is 0 Å². The van der Waals surface area contributed by atoms with E-state index >= 15 is 0 Å². The van der Waals surface area contributed by atoms with Gasteiger partial charge < -0.3 is 14.2 Å². The van der Waals surface area contributed by atoms with E-state index in [1.165, 1.54) is 12.1 Å². The molecule has 0 bridgehead atoms. The van der Waals surface area contributed by atoms with Crippen LogP contribution in [0.5, 0.6) is 11.5 Å². The van der Waals surface area contributed by atoms with Gasteiger partial charge in [-0.3, -0.25) is 0 Å². The van der Waals surface area contributed by atoms with E-state index in [0.29, 0.717) is 0 Å². The molecular weight excluding hydrogens is 203 g/mol. The average Bonchev–Trinajstić information content (AvgIpc) is 2.57. The Labute approximate surface area is 85.6 Å². The lowest BCUT2D eigenvalue weighted by atomic mass is 10.2. The maximum atomic E-state index is 12.7. The zero-order chi connectivity index (χ0) is 10.8. The number of hydrogen-bond acceptors (Lipinski definition) is 4. The number of hydrogen-bond donors (Lipinski definition) is 0. The van der Waals surface area contributed by atoms with Crippen molar-refractivity contribution >= 4 is 5.97 Å². The molecule has 80 valence electrons. The Balaban J connectivity index is 2.34. The predicted octanol–water partition coefficient (Wildman–Crippen LogP) is 1.89. The van der Waals surface area contributed by atoms with Gasteiger partial charge in [0.2, 0.25) is 0 Å². The van der Waals surface area contributed by atoms with E-state index in [2.05, 4.69) is 4.74 Å². The molecule has 1 aliphatic heterocycles. The Morgan fingerprint density at radius 3 is 3.07 bits per heavy atom. The maximum Gasteiger partial charge on any atom is 0.397 e. The van der Waals surface area contributed by atoms with E-state index in [1.54, 1.807) is 13.0 Å². The van der Waals surface area contributed by atoms with Crippen LogP contribution in [-0.4, -0.2) is 19.1 Å². The zero-order valence-electron chi connectivity index (χ0n) is 8.03. The van der Waals surface area contributed by atoms with Gasteiger partial charge in [-0.2, -0.15) is 4.39 Å². The summed E-state index contributed by atoms with van der Waals surface area (Å²) in [4.78, 5) is 11.4. The molecule has 1 atom stereocenters. The SMILES string of the molecule is CCOC(=O)c1cccc2c1OC(F)O2. The Morgan fingerprint density at radius 2 is 2.33 bits per heavy atom. The summed E-state index contributed by atoms with van der Waals surface area (Å²) >= 11 is 0. The molecule has 0 saturated carbocycles. The lowest BCUT2D eigenvalue weighted by molar-refractivity contribution is -0.0654. The van der Waals surface area contributed by atoms with Crippen LogP contribution in [-0.2, 0) is 4.74 Å². The molecule has 1 unspecified atom stereocenters. The number of alkyl halides is 1. The summed E-state index contributed by atoms with van der Waals surface area (Å²) in [5.41, 5.74) is 0.175. The number of rotatable bonds is 2. The largest absolute Gasteiger partial charge is 0.462 e. The van der Waals surface area contributed by atoms with Crippen molar-refractivity contribution in [3.05, 3.63) is 23.8 Å². The lowest BCUT2D eigenvalue weighted by Crippen LogP contribution is -2.11. The molecule has 0 fully saturated rings. The van der Waals surface area contributed by atoms with Crippen LogP contribution in [0, 0.1) is 0 Å². The summed E-state index contributed by atoms with van der Waals surface area (Å²) in [7, 11) is 0. The molecule has 1 aliphatic rings. The number of carbonyl (C=O) groups is 1. The van der Waals surface area contributed by atoms with Crippen LogP contribution in [0.4, 0.5) is 4.39 Å². The maximum absolute atomic E-state index is 12.7. The smallest absolute Gasteiger partial charge is 0.397 e. The molecule has 0 radical (unpaired) electrons. The normalized spacial score (nSPS) is 17.6. The standard InChI is InChI=1S/C10H9FO4/c1-2-13-9(12)6-4-3-5-7-8(6)15-10(11)14-7/h3-5,10H,2H2,1H3. The van der Waals surface area contributed by atoms with Gasteiger partial charge in [-0.15, -0.1) is 0 Å². The second-order valence-electron chi connectivity index (χ2n) is 2.86. The summed E-state index contributed by atoms with van der Waals surface area (Å²) in [6.07, 6.45) is 0. The van der Waals surface area contributed by atoms with Gasteiger partial charge in [0.15, 0.2) is 11.5 Å². The molecular formula is C10H9FO4. The number of halogens is 1. The van der Waals surface area contributed by atoms with Crippen molar-refractivity contribution in [2.45, 2.75) is 13.5 Å². The third-order valence-corrected chi connectivity index (χ3v) is 1.90. The van der Waals surface area contributed by atoms with Crippen molar-refractivity contribution < 1.29 is 23.4 Å². The summed E-state index contributed by atoms with van der Waals surface area (Å²) < 4.78 is 26.9. The second kappa shape index (κ2) is 3.76. The molecule has 0 N–H and O–H groups in total. The van der Waals surface area contributed by atoms with Crippen molar-refractivity contribution in [1.29, 1.82) is 0 Å². The fourth-order valence-corrected chi connectivity index (χ4v) is 1.32. The zero-order valence-corrected chi connectivity index (χ0v) is 8.03. The first-order valence-electron chi connectivity index (χ1n) is 4.50. The van der Waals surface area contributed by atoms with E-state index < -0.39 is 12.5 Å². The fourth-order valence-electron chi connectivity index (χ4n) is 1.32. The van der Waals surface area contributed by atoms with E-state index in [9.17, 15) is 9.18 Å². The summed E-state index contributed by atoms with van der Waals surface area (Å²) in [6.45, 7) is 0.0919. The highest BCUT2D eigenvalue weighted by Crippen LogP contribution is 2.38. The Kier molecular flexibility index (Phi) is 2.45. The Hall–Kier alpha value is -1.78. The molecule has 1 heterocycles. The minimum atomic E-state index is -1.85. The van der Waals surface area contributed by atoms with Crippen LogP contribution >= 0.6 is 0 Å². The van der Waals surface area contributed by atoms with Crippen molar-refractivity contribution in [2.24, 2.45) is 0 Å². The van der Waals surface area contributed by atoms with Gasteiger partial charge in [0.1, 0.15) is 5.56 Å². The minimum absolute atomic E-state index is 0.100. The van der Waals surface area contributed by atoms with Gasteiger partial charge in [-0.05, 0) is 19.1 Å². The third kappa shape index (κ3) is 1.72. The number of carbonyl (C=O) groups excluding carboxylic acids is 1. The van der Waals surface area contributed by atoms with Crippen LogP contribution in [0.1, 0.15) is 17.3 Å². The van der Waals surface area contributed by atoms with Crippen LogP contribution in [0.25, 0.3) is 0 Å². The second-order valence-corrected chi connectivity index (χ2v) is 2.86. The molecule has 5 heteroatoms. The third-order valence-electron chi connectivity index (χ3n) is 1.90. The van der Waals surface area contributed by atoms with Gasteiger partial charge >= 0.3 is 12.5 Å². The number of benzene rings is 1. The monoisotopic (exact) mass is 212 g/mol. The highest BCUT2D eigenvalue weighted by atomic mass is 19.2. The van der Waals surface area contributed by atoms with E-state index in [4.69, 9.17) is 9.47 Å². The first-order chi connectivity index (χ1) is 7.22. The summed E-state index contributed by atoms with van der Waals surface area (Å²) in [6, 6.07) is 4.60. The molecule has 1 aromatic rings. The molecule has 2 rings (SSSR count). The topological polar surface area (TPSA) is 44.8 Å². The van der Waals surface area contributed by atoms with E-state index in [-0.39, 0.29) is 23.7 Å². The number of esters is 1. The molecule has 1 aromatic carbocycles. The molecule has 4 nitrogen and oxygen atoms in total. The van der Waals surface area contributed by atoms with Crippen LogP contribution in [0.3, 0.4) is 0 Å². The molecule has 0 saturated heterocycles. The van der Waals surface area contributed by atoms with Crippen LogP contribution in [0.2, 0.25) is 0 Å². The highest BCUT2D eigenvalue weighted by Gasteiger charge is 2.28. The number of para-hydroxylation sites is 1. The highest BCUT2D eigenvalue weighted by molar-refractivity contribution is 5.93. The minimum Gasteiger partial charge on any atom is -0.462 e. The lowest BCUT2D eigenvalue weighted by Gasteiger charge is -2.04. The Bertz CT molecular complexity index is 391. The average molecular weight is 212 g/mol. The molecule has 0 spiro atoms. The van der Waals surface area contributed by atoms with Crippen LogP contribution in [0.15, 0.2) is 18.2 Å². The van der Waals surface area contributed by atoms with Gasteiger partial charge in [0.25, 0.3) is 0 Å². The first kappa shape index (κ1) is 9.76.